The van der Waals surface area contributed by atoms with Gasteiger partial charge in [-0.1, -0.05) is 0 Å². The molecular formula is C16H20N2O11. The first-order valence-electron chi connectivity index (χ1n) is 8.75. The van der Waals surface area contributed by atoms with Gasteiger partial charge in [0.15, 0.2) is 0 Å². The summed E-state index contributed by atoms with van der Waals surface area (Å²) in [4.78, 5) is 77.2. The van der Waals surface area contributed by atoms with E-state index in [2.05, 4.69) is 9.68 Å². The van der Waals surface area contributed by atoms with Crippen molar-refractivity contribution in [2.24, 2.45) is 0 Å². The van der Waals surface area contributed by atoms with Gasteiger partial charge in [0, 0.05) is 25.7 Å². The van der Waals surface area contributed by atoms with E-state index >= 15 is 0 Å². The summed E-state index contributed by atoms with van der Waals surface area (Å²) in [6, 6.07) is 0. The van der Waals surface area contributed by atoms with Crippen LogP contribution in [0.5, 0.6) is 0 Å². The molecule has 2 aliphatic heterocycles. The predicted octanol–water partition coefficient (Wildman–Crippen LogP) is -1.75. The van der Waals surface area contributed by atoms with E-state index in [1.807, 2.05) is 0 Å². The summed E-state index contributed by atoms with van der Waals surface area (Å²) in [7, 11) is 0. The number of rotatable bonds is 12. The maximum absolute atomic E-state index is 11.4. The van der Waals surface area contributed by atoms with Crippen LogP contribution in [0.1, 0.15) is 25.7 Å². The van der Waals surface area contributed by atoms with E-state index in [1.54, 1.807) is 0 Å². The second-order valence-corrected chi connectivity index (χ2v) is 5.81. The van der Waals surface area contributed by atoms with E-state index in [9.17, 15) is 28.8 Å². The molecule has 29 heavy (non-hydrogen) atoms. The lowest BCUT2D eigenvalue weighted by atomic mass is 10.4. The molecule has 4 amide bonds. The maximum Gasteiger partial charge on any atom is 0.358 e. The van der Waals surface area contributed by atoms with Gasteiger partial charge in [0.2, 0.25) is 0 Å². The van der Waals surface area contributed by atoms with Gasteiger partial charge < -0.3 is 23.9 Å². The van der Waals surface area contributed by atoms with Gasteiger partial charge >= 0.3 is 11.9 Å². The molecule has 2 saturated heterocycles. The van der Waals surface area contributed by atoms with Gasteiger partial charge in [0.1, 0.15) is 13.2 Å². The van der Waals surface area contributed by atoms with Crippen LogP contribution in [0.4, 0.5) is 0 Å². The van der Waals surface area contributed by atoms with Crippen molar-refractivity contribution in [1.29, 1.82) is 0 Å². The molecule has 2 aliphatic rings. The molecule has 0 atom stereocenters. The Labute approximate surface area is 164 Å². The monoisotopic (exact) mass is 416 g/mol. The fourth-order valence-electron chi connectivity index (χ4n) is 2.22. The zero-order valence-corrected chi connectivity index (χ0v) is 15.5. The number of ether oxygens (including phenoxy) is 3. The molecule has 0 radical (unpaired) electrons. The van der Waals surface area contributed by atoms with Crippen molar-refractivity contribution < 1.29 is 52.7 Å². The van der Waals surface area contributed by atoms with E-state index < -0.39 is 48.8 Å². The van der Waals surface area contributed by atoms with E-state index in [4.69, 9.17) is 14.2 Å². The largest absolute Gasteiger partial charge is 0.377 e. The van der Waals surface area contributed by atoms with Gasteiger partial charge in [0.05, 0.1) is 26.4 Å². The summed E-state index contributed by atoms with van der Waals surface area (Å²) in [6.45, 7) is -0.622. The van der Waals surface area contributed by atoms with Crippen molar-refractivity contribution in [3.05, 3.63) is 0 Å². The Morgan fingerprint density at radius 1 is 0.586 bits per heavy atom. The second-order valence-electron chi connectivity index (χ2n) is 5.81. The van der Waals surface area contributed by atoms with Gasteiger partial charge in [-0.15, -0.1) is 10.1 Å². The van der Waals surface area contributed by atoms with Crippen LogP contribution in [0.15, 0.2) is 0 Å². The molecule has 2 fully saturated rings. The van der Waals surface area contributed by atoms with E-state index in [-0.39, 0.29) is 52.1 Å². The van der Waals surface area contributed by atoms with Crippen LogP contribution in [-0.2, 0) is 52.7 Å². The summed E-state index contributed by atoms with van der Waals surface area (Å²) in [5.41, 5.74) is 0. The Hall–Kier alpha value is -2.90. The molecule has 0 aromatic carbocycles. The fourth-order valence-corrected chi connectivity index (χ4v) is 2.22. The minimum Gasteiger partial charge on any atom is -0.377 e. The zero-order valence-electron chi connectivity index (χ0n) is 15.5. The topological polar surface area (TPSA) is 155 Å². The molecule has 0 saturated carbocycles. The molecule has 0 aromatic heterocycles. The summed E-state index contributed by atoms with van der Waals surface area (Å²) in [6.07, 6.45) is 0.0361. The minimum absolute atomic E-state index is 0.00904. The summed E-state index contributed by atoms with van der Waals surface area (Å²) >= 11 is 0. The SMILES string of the molecule is O=C(COCCOCCOCC(=O)ON1C(=O)CCC1=O)ON1C(=O)CCC1=O. The van der Waals surface area contributed by atoms with Gasteiger partial charge in [-0.2, -0.15) is 0 Å². The van der Waals surface area contributed by atoms with Gasteiger partial charge in [-0.25, -0.2) is 9.59 Å². The molecule has 0 N–H and O–H groups in total. The lowest BCUT2D eigenvalue weighted by Gasteiger charge is -2.13. The van der Waals surface area contributed by atoms with Crippen molar-refractivity contribution in [3.8, 4) is 0 Å². The first-order chi connectivity index (χ1) is 13.9. The van der Waals surface area contributed by atoms with Gasteiger partial charge in [0.25, 0.3) is 23.6 Å². The number of carbonyl (C=O) groups excluding carboxylic acids is 6. The zero-order chi connectivity index (χ0) is 21.2. The molecule has 13 heteroatoms. The van der Waals surface area contributed by atoms with Crippen LogP contribution in [0.25, 0.3) is 0 Å². The standard InChI is InChI=1S/C16H20N2O11/c19-11-1-2-12(20)17(11)28-15(23)9-26-7-5-25-6-8-27-10-16(24)29-18-13(21)3-4-14(18)22/h1-10H2. The van der Waals surface area contributed by atoms with E-state index in [1.165, 1.54) is 0 Å². The quantitative estimate of drug-likeness (QED) is 0.263. The number of hydrogen-bond donors (Lipinski definition) is 0. The van der Waals surface area contributed by atoms with Crippen LogP contribution in [0.3, 0.4) is 0 Å². The van der Waals surface area contributed by atoms with Crippen LogP contribution < -0.4 is 0 Å². The van der Waals surface area contributed by atoms with Crippen LogP contribution in [0.2, 0.25) is 0 Å². The van der Waals surface area contributed by atoms with Crippen molar-refractivity contribution in [2.75, 3.05) is 39.6 Å². The van der Waals surface area contributed by atoms with E-state index in [0.717, 1.165) is 0 Å². The number of hydrogen-bond acceptors (Lipinski definition) is 11. The fraction of sp³-hybridized carbons (Fsp3) is 0.625. The highest BCUT2D eigenvalue weighted by atomic mass is 16.7. The first-order valence-corrected chi connectivity index (χ1v) is 8.75. The van der Waals surface area contributed by atoms with Crippen molar-refractivity contribution in [1.82, 2.24) is 10.1 Å². The normalized spacial score (nSPS) is 16.7. The average Bonchev–Trinajstić information content (AvgIpc) is 3.16. The van der Waals surface area contributed by atoms with Gasteiger partial charge in [-0.05, 0) is 0 Å². The van der Waals surface area contributed by atoms with Crippen molar-refractivity contribution in [3.63, 3.8) is 0 Å². The number of carbonyl (C=O) groups is 6. The molecule has 0 aliphatic carbocycles. The maximum atomic E-state index is 11.4. The molecule has 2 heterocycles. The molecule has 160 valence electrons. The summed E-state index contributed by atoms with van der Waals surface area (Å²) < 4.78 is 15.1. The highest BCUT2D eigenvalue weighted by molar-refractivity contribution is 6.02. The molecule has 0 aromatic rings. The molecule has 0 spiro atoms. The Morgan fingerprint density at radius 2 is 0.897 bits per heavy atom. The van der Waals surface area contributed by atoms with Crippen LogP contribution >= 0.6 is 0 Å². The first kappa shape index (κ1) is 22.4. The minimum atomic E-state index is -0.884. The van der Waals surface area contributed by atoms with Crippen LogP contribution in [0, 0.1) is 0 Å². The Bertz CT molecular complexity index is 590. The summed E-state index contributed by atoms with van der Waals surface area (Å²) in [5.74, 6) is -4.07. The highest BCUT2D eigenvalue weighted by Gasteiger charge is 2.33. The molecule has 0 bridgehead atoms. The lowest BCUT2D eigenvalue weighted by Crippen LogP contribution is -2.33. The van der Waals surface area contributed by atoms with E-state index in [0.29, 0.717) is 10.1 Å². The van der Waals surface area contributed by atoms with Gasteiger partial charge in [-0.3, -0.25) is 19.2 Å². The smallest absolute Gasteiger partial charge is 0.358 e. The molecule has 0 unspecified atom stereocenters. The summed E-state index contributed by atoms with van der Waals surface area (Å²) in [5, 5.41) is 0.861. The average molecular weight is 416 g/mol. The van der Waals surface area contributed by atoms with Crippen molar-refractivity contribution in [2.45, 2.75) is 25.7 Å². The Kier molecular flexibility index (Phi) is 8.64. The third-order valence-electron chi connectivity index (χ3n) is 3.58. The third-order valence-corrected chi connectivity index (χ3v) is 3.58. The molecular weight excluding hydrogens is 396 g/mol. The molecule has 2 rings (SSSR count). The highest BCUT2D eigenvalue weighted by Crippen LogP contribution is 2.12. The lowest BCUT2D eigenvalue weighted by molar-refractivity contribution is -0.200. The number of amides is 4. The third kappa shape index (κ3) is 7.21. The Morgan fingerprint density at radius 3 is 1.24 bits per heavy atom. The van der Waals surface area contributed by atoms with Crippen LogP contribution in [-0.4, -0.2) is 85.3 Å². The number of hydroxylamine groups is 4. The van der Waals surface area contributed by atoms with Crippen molar-refractivity contribution >= 4 is 35.6 Å². The predicted molar refractivity (Wildman–Crippen MR) is 86.8 cm³/mol. The number of imide groups is 2. The second kappa shape index (κ2) is 11.2. The number of nitrogens with zero attached hydrogens (tertiary/aromatic N) is 2. The Balaban J connectivity index is 1.42. The molecule has 13 nitrogen and oxygen atoms in total.